The molecule has 1 saturated heterocycles. The second-order valence-corrected chi connectivity index (χ2v) is 6.10. The van der Waals surface area contributed by atoms with Crippen LogP contribution in [0.3, 0.4) is 0 Å². The van der Waals surface area contributed by atoms with Crippen LogP contribution >= 0.6 is 0 Å². The molecule has 0 amide bonds. The van der Waals surface area contributed by atoms with E-state index in [4.69, 9.17) is 10.5 Å². The molecule has 4 unspecified atom stereocenters. The monoisotopic (exact) mass is 260 g/mol. The van der Waals surface area contributed by atoms with Crippen LogP contribution in [0, 0.1) is 5.92 Å². The first-order valence-corrected chi connectivity index (χ1v) is 7.39. The fraction of sp³-hybridized carbons (Fsp3) is 0.625. The van der Waals surface area contributed by atoms with Gasteiger partial charge in [0.05, 0.1) is 0 Å². The van der Waals surface area contributed by atoms with Gasteiger partial charge in [-0.05, 0) is 30.9 Å². The predicted molar refractivity (Wildman–Crippen MR) is 77.4 cm³/mol. The topological polar surface area (TPSA) is 38.5 Å². The molecule has 0 aromatic heterocycles. The summed E-state index contributed by atoms with van der Waals surface area (Å²) in [7, 11) is 0. The van der Waals surface area contributed by atoms with E-state index in [9.17, 15) is 0 Å². The maximum absolute atomic E-state index is 6.15. The minimum atomic E-state index is 0.307. The van der Waals surface area contributed by atoms with E-state index >= 15 is 0 Å². The van der Waals surface area contributed by atoms with Crippen molar-refractivity contribution in [3.63, 3.8) is 0 Å². The van der Waals surface area contributed by atoms with Crippen LogP contribution in [0.25, 0.3) is 0 Å². The highest BCUT2D eigenvalue weighted by Gasteiger charge is 2.33. The van der Waals surface area contributed by atoms with Crippen molar-refractivity contribution in [2.75, 3.05) is 13.1 Å². The summed E-state index contributed by atoms with van der Waals surface area (Å²) >= 11 is 0. The predicted octanol–water partition coefficient (Wildman–Crippen LogP) is 2.05. The molecule has 3 heteroatoms. The number of ether oxygens (including phenoxy) is 1. The zero-order valence-corrected chi connectivity index (χ0v) is 11.9. The molecule has 0 saturated carbocycles. The van der Waals surface area contributed by atoms with Gasteiger partial charge in [-0.25, -0.2) is 0 Å². The van der Waals surface area contributed by atoms with Gasteiger partial charge in [0.15, 0.2) is 0 Å². The fourth-order valence-electron chi connectivity index (χ4n) is 3.35. The Morgan fingerprint density at radius 1 is 1.32 bits per heavy atom. The summed E-state index contributed by atoms with van der Waals surface area (Å²) in [6, 6.07) is 9.30. The molecular formula is C16H24N2O. The van der Waals surface area contributed by atoms with Crippen LogP contribution in [-0.4, -0.2) is 36.2 Å². The maximum atomic E-state index is 6.15. The lowest BCUT2D eigenvalue weighted by atomic mass is 9.87. The van der Waals surface area contributed by atoms with Crippen LogP contribution in [0.15, 0.2) is 24.3 Å². The molecular weight excluding hydrogens is 236 g/mol. The number of para-hydroxylation sites is 1. The third-order valence-electron chi connectivity index (χ3n) is 4.91. The summed E-state index contributed by atoms with van der Waals surface area (Å²) in [4.78, 5) is 2.55. The Labute approximate surface area is 115 Å². The molecule has 0 spiro atoms. The Balaban J connectivity index is 1.62. The third-order valence-corrected chi connectivity index (χ3v) is 4.91. The first-order chi connectivity index (χ1) is 9.15. The molecule has 2 aliphatic rings. The van der Waals surface area contributed by atoms with Gasteiger partial charge in [-0.1, -0.05) is 25.1 Å². The van der Waals surface area contributed by atoms with Crippen molar-refractivity contribution in [1.29, 1.82) is 0 Å². The summed E-state index contributed by atoms with van der Waals surface area (Å²) in [5.41, 5.74) is 7.50. The third kappa shape index (κ3) is 2.49. The van der Waals surface area contributed by atoms with E-state index < -0.39 is 0 Å². The van der Waals surface area contributed by atoms with Gasteiger partial charge >= 0.3 is 0 Å². The molecule has 4 atom stereocenters. The fourth-order valence-corrected chi connectivity index (χ4v) is 3.35. The van der Waals surface area contributed by atoms with Crippen LogP contribution in [-0.2, 0) is 6.42 Å². The SMILES string of the molecule is CC1C(N)CCN(CC2Cc3ccccc3O2)C1C. The van der Waals surface area contributed by atoms with Gasteiger partial charge in [0.2, 0.25) is 0 Å². The Kier molecular flexibility index (Phi) is 3.50. The van der Waals surface area contributed by atoms with Gasteiger partial charge in [-0.2, -0.15) is 0 Å². The number of benzene rings is 1. The van der Waals surface area contributed by atoms with Crippen molar-refractivity contribution in [2.45, 2.75) is 44.9 Å². The quantitative estimate of drug-likeness (QED) is 0.884. The normalized spacial score (nSPS) is 34.9. The minimum Gasteiger partial charge on any atom is -0.488 e. The number of hydrogen-bond donors (Lipinski definition) is 1. The highest BCUT2D eigenvalue weighted by Crippen LogP contribution is 2.30. The van der Waals surface area contributed by atoms with Crippen LogP contribution in [0.4, 0.5) is 0 Å². The van der Waals surface area contributed by atoms with Crippen molar-refractivity contribution in [3.8, 4) is 5.75 Å². The average Bonchev–Trinajstić information content (AvgIpc) is 2.82. The number of likely N-dealkylation sites (tertiary alicyclic amines) is 1. The minimum absolute atomic E-state index is 0.307. The van der Waals surface area contributed by atoms with E-state index in [0.29, 0.717) is 24.1 Å². The van der Waals surface area contributed by atoms with Gasteiger partial charge in [0, 0.05) is 31.6 Å². The average molecular weight is 260 g/mol. The number of rotatable bonds is 2. The van der Waals surface area contributed by atoms with E-state index in [1.54, 1.807) is 0 Å². The summed E-state index contributed by atoms with van der Waals surface area (Å²) < 4.78 is 6.05. The van der Waals surface area contributed by atoms with Crippen LogP contribution in [0.5, 0.6) is 5.75 Å². The Morgan fingerprint density at radius 2 is 2.11 bits per heavy atom. The molecule has 1 fully saturated rings. The molecule has 3 rings (SSSR count). The van der Waals surface area contributed by atoms with E-state index in [-0.39, 0.29) is 0 Å². The van der Waals surface area contributed by atoms with Gasteiger partial charge in [-0.15, -0.1) is 0 Å². The van der Waals surface area contributed by atoms with Crippen LogP contribution in [0.2, 0.25) is 0 Å². The summed E-state index contributed by atoms with van der Waals surface area (Å²) in [5, 5.41) is 0. The van der Waals surface area contributed by atoms with Crippen LogP contribution in [0.1, 0.15) is 25.8 Å². The van der Waals surface area contributed by atoms with Gasteiger partial charge in [-0.3, -0.25) is 4.90 Å². The van der Waals surface area contributed by atoms with Crippen molar-refractivity contribution >= 4 is 0 Å². The zero-order chi connectivity index (χ0) is 13.4. The number of piperidine rings is 1. The van der Waals surface area contributed by atoms with Crippen molar-refractivity contribution in [3.05, 3.63) is 29.8 Å². The molecule has 0 radical (unpaired) electrons. The lowest BCUT2D eigenvalue weighted by Gasteiger charge is -2.42. The first-order valence-electron chi connectivity index (χ1n) is 7.39. The number of nitrogens with zero attached hydrogens (tertiary/aromatic N) is 1. The second-order valence-electron chi connectivity index (χ2n) is 6.10. The highest BCUT2D eigenvalue weighted by atomic mass is 16.5. The lowest BCUT2D eigenvalue weighted by molar-refractivity contribution is 0.0599. The van der Waals surface area contributed by atoms with E-state index in [0.717, 1.165) is 31.7 Å². The van der Waals surface area contributed by atoms with E-state index in [1.807, 2.05) is 6.07 Å². The molecule has 0 bridgehead atoms. The second kappa shape index (κ2) is 5.14. The standard InChI is InChI=1S/C16H24N2O/c1-11-12(2)18(8-7-15(11)17)10-14-9-13-5-3-4-6-16(13)19-14/h3-6,11-12,14-15H,7-10,17H2,1-2H3. The largest absolute Gasteiger partial charge is 0.488 e. The molecule has 19 heavy (non-hydrogen) atoms. The Morgan fingerprint density at radius 3 is 2.89 bits per heavy atom. The van der Waals surface area contributed by atoms with Gasteiger partial charge in [0.1, 0.15) is 11.9 Å². The maximum Gasteiger partial charge on any atom is 0.123 e. The van der Waals surface area contributed by atoms with Crippen LogP contribution < -0.4 is 10.5 Å². The molecule has 2 N–H and O–H groups in total. The molecule has 104 valence electrons. The number of nitrogens with two attached hydrogens (primary N) is 1. The molecule has 1 aromatic rings. The molecule has 3 nitrogen and oxygen atoms in total. The summed E-state index contributed by atoms with van der Waals surface area (Å²) in [5.74, 6) is 1.64. The Bertz CT molecular complexity index is 423. The smallest absolute Gasteiger partial charge is 0.123 e. The van der Waals surface area contributed by atoms with Gasteiger partial charge in [0.25, 0.3) is 0 Å². The van der Waals surface area contributed by atoms with E-state index in [2.05, 4.69) is 36.9 Å². The summed E-state index contributed by atoms with van der Waals surface area (Å²) in [6.07, 6.45) is 2.45. The van der Waals surface area contributed by atoms with Crippen molar-refractivity contribution in [2.24, 2.45) is 11.7 Å². The zero-order valence-electron chi connectivity index (χ0n) is 11.9. The van der Waals surface area contributed by atoms with Gasteiger partial charge < -0.3 is 10.5 Å². The van der Waals surface area contributed by atoms with Crippen molar-refractivity contribution in [1.82, 2.24) is 4.90 Å². The molecule has 2 aliphatic heterocycles. The van der Waals surface area contributed by atoms with Crippen molar-refractivity contribution < 1.29 is 4.74 Å². The van der Waals surface area contributed by atoms with E-state index in [1.165, 1.54) is 5.56 Å². The molecule has 2 heterocycles. The molecule has 1 aromatic carbocycles. The summed E-state index contributed by atoms with van der Waals surface area (Å²) in [6.45, 7) is 6.69. The highest BCUT2D eigenvalue weighted by molar-refractivity contribution is 5.37. The lowest BCUT2D eigenvalue weighted by Crippen LogP contribution is -2.53. The number of fused-ring (bicyclic) bond motifs is 1. The Hall–Kier alpha value is -1.06. The first kappa shape index (κ1) is 12.9. The number of hydrogen-bond acceptors (Lipinski definition) is 3. The molecule has 0 aliphatic carbocycles.